The molecule has 3 rings (SSSR count). The molecule has 0 spiro atoms. The Bertz CT molecular complexity index is 803. The van der Waals surface area contributed by atoms with Gasteiger partial charge in [-0.2, -0.15) is 0 Å². The van der Waals surface area contributed by atoms with Crippen LogP contribution in [0.5, 0.6) is 0 Å². The average Bonchev–Trinajstić information content (AvgIpc) is 2.89. The summed E-state index contributed by atoms with van der Waals surface area (Å²) in [7, 11) is 0. The molecule has 2 aromatic carbocycles. The molecule has 0 saturated carbocycles. The Morgan fingerprint density at radius 2 is 1.84 bits per heavy atom. The summed E-state index contributed by atoms with van der Waals surface area (Å²) >= 11 is 0. The Labute approximate surface area is 146 Å². The van der Waals surface area contributed by atoms with Gasteiger partial charge in [-0.3, -0.25) is 9.59 Å². The van der Waals surface area contributed by atoms with Crippen molar-refractivity contribution >= 4 is 28.9 Å². The van der Waals surface area contributed by atoms with E-state index in [0.29, 0.717) is 12.2 Å². The van der Waals surface area contributed by atoms with Gasteiger partial charge in [0.2, 0.25) is 0 Å². The van der Waals surface area contributed by atoms with Crippen molar-refractivity contribution in [3.05, 3.63) is 60.2 Å². The minimum Gasteiger partial charge on any atom is -0.385 e. The third-order valence-electron chi connectivity index (χ3n) is 3.75. The summed E-state index contributed by atoms with van der Waals surface area (Å²) in [5.41, 5.74) is 2.46. The lowest BCUT2D eigenvalue weighted by Crippen LogP contribution is -2.31. The lowest BCUT2D eigenvalue weighted by molar-refractivity contribution is -0.120. The van der Waals surface area contributed by atoms with Gasteiger partial charge in [0.05, 0.1) is 5.69 Å². The van der Waals surface area contributed by atoms with Gasteiger partial charge in [0.15, 0.2) is 12.3 Å². The number of benzene rings is 2. The molecule has 1 aliphatic rings. The first-order valence-corrected chi connectivity index (χ1v) is 8.17. The molecule has 0 unspecified atom stereocenters. The number of hydrogen-bond donors (Lipinski definition) is 1. The van der Waals surface area contributed by atoms with Crippen LogP contribution in [0.25, 0.3) is 0 Å². The summed E-state index contributed by atoms with van der Waals surface area (Å²) in [4.78, 5) is 31.2. The number of anilines is 2. The molecule has 0 radical (unpaired) electrons. The maximum Gasteiger partial charge on any atom is 0.281 e. The third-order valence-corrected chi connectivity index (χ3v) is 3.75. The molecule has 1 N–H and O–H groups in total. The number of fused-ring (bicyclic) bond motifs is 1. The zero-order chi connectivity index (χ0) is 17.6. The molecule has 2 amide bonds. The third kappa shape index (κ3) is 3.68. The fourth-order valence-corrected chi connectivity index (χ4v) is 2.67. The number of rotatable bonds is 6. The van der Waals surface area contributed by atoms with E-state index in [4.69, 9.17) is 4.84 Å². The second-order valence-electron chi connectivity index (χ2n) is 5.60. The summed E-state index contributed by atoms with van der Waals surface area (Å²) in [6.45, 7) is 2.36. The second-order valence-corrected chi connectivity index (χ2v) is 5.60. The fraction of sp³-hybridized carbons (Fsp3) is 0.211. The molecule has 1 heterocycles. The fourth-order valence-electron chi connectivity index (χ4n) is 2.67. The molecular weight excluding hydrogens is 318 g/mol. The highest BCUT2D eigenvalue weighted by Gasteiger charge is 2.33. The zero-order valence-corrected chi connectivity index (χ0v) is 13.9. The summed E-state index contributed by atoms with van der Waals surface area (Å²) in [6, 6.07) is 16.5. The maximum atomic E-state index is 12.5. The number of para-hydroxylation sites is 2. The van der Waals surface area contributed by atoms with Crippen molar-refractivity contribution in [3.63, 3.8) is 0 Å². The van der Waals surface area contributed by atoms with Crippen LogP contribution < -0.4 is 10.2 Å². The van der Waals surface area contributed by atoms with Crippen molar-refractivity contribution in [2.24, 2.45) is 5.16 Å². The van der Waals surface area contributed by atoms with Crippen molar-refractivity contribution in [3.8, 4) is 0 Å². The Morgan fingerprint density at radius 3 is 2.60 bits per heavy atom. The largest absolute Gasteiger partial charge is 0.385 e. The lowest BCUT2D eigenvalue weighted by Gasteiger charge is -2.14. The van der Waals surface area contributed by atoms with Crippen molar-refractivity contribution < 1.29 is 14.4 Å². The molecule has 6 nitrogen and oxygen atoms in total. The molecule has 6 heteroatoms. The van der Waals surface area contributed by atoms with E-state index in [1.165, 1.54) is 0 Å². The van der Waals surface area contributed by atoms with Gasteiger partial charge in [-0.25, -0.2) is 0 Å². The van der Waals surface area contributed by atoms with Crippen LogP contribution in [0, 0.1) is 0 Å². The van der Waals surface area contributed by atoms with Gasteiger partial charge in [-0.05, 0) is 24.6 Å². The van der Waals surface area contributed by atoms with E-state index in [1.54, 1.807) is 17.0 Å². The van der Waals surface area contributed by atoms with E-state index in [2.05, 4.69) is 10.5 Å². The first-order valence-electron chi connectivity index (χ1n) is 8.17. The highest BCUT2D eigenvalue weighted by Crippen LogP contribution is 2.29. The van der Waals surface area contributed by atoms with E-state index in [-0.39, 0.29) is 24.1 Å². The Balaban J connectivity index is 1.67. The Hall–Kier alpha value is -3.15. The zero-order valence-electron chi connectivity index (χ0n) is 13.9. The first-order chi connectivity index (χ1) is 12.2. The minimum atomic E-state index is -0.334. The summed E-state index contributed by atoms with van der Waals surface area (Å²) < 4.78 is 0. The number of carbonyl (C=O) groups is 2. The van der Waals surface area contributed by atoms with Gasteiger partial charge in [-0.15, -0.1) is 0 Å². The second kappa shape index (κ2) is 7.61. The Kier molecular flexibility index (Phi) is 5.09. The predicted octanol–water partition coefficient (Wildman–Crippen LogP) is 2.80. The summed E-state index contributed by atoms with van der Waals surface area (Å²) in [5.74, 6) is -0.536. The van der Waals surface area contributed by atoms with Crippen LogP contribution in [0.3, 0.4) is 0 Å². The molecule has 0 aromatic heterocycles. The predicted molar refractivity (Wildman–Crippen MR) is 96.6 cm³/mol. The van der Waals surface area contributed by atoms with Crippen LogP contribution in [0.1, 0.15) is 18.9 Å². The first kappa shape index (κ1) is 16.7. The van der Waals surface area contributed by atoms with Crippen molar-refractivity contribution in [1.29, 1.82) is 0 Å². The molecule has 0 saturated heterocycles. The number of amides is 2. The highest BCUT2D eigenvalue weighted by atomic mass is 16.6. The van der Waals surface area contributed by atoms with Crippen LogP contribution >= 0.6 is 0 Å². The van der Waals surface area contributed by atoms with Crippen molar-refractivity contribution in [2.45, 2.75) is 13.3 Å². The topological polar surface area (TPSA) is 71.0 Å². The summed E-state index contributed by atoms with van der Waals surface area (Å²) in [6.07, 6.45) is 0.841. The SMILES string of the molecule is CCCN1C(=O)/C(=N/OCC(=O)Nc2ccccc2)c2ccccc21. The van der Waals surface area contributed by atoms with Gasteiger partial charge in [0.25, 0.3) is 11.8 Å². The van der Waals surface area contributed by atoms with Crippen molar-refractivity contribution in [2.75, 3.05) is 23.4 Å². The van der Waals surface area contributed by atoms with Gasteiger partial charge in [0.1, 0.15) is 0 Å². The molecule has 0 atom stereocenters. The van der Waals surface area contributed by atoms with Gasteiger partial charge >= 0.3 is 0 Å². The quantitative estimate of drug-likeness (QED) is 0.824. The van der Waals surface area contributed by atoms with Crippen LogP contribution in [-0.4, -0.2) is 30.7 Å². The number of nitrogens with zero attached hydrogens (tertiary/aromatic N) is 2. The number of hydrogen-bond acceptors (Lipinski definition) is 4. The van der Waals surface area contributed by atoms with Gasteiger partial charge in [0, 0.05) is 17.8 Å². The van der Waals surface area contributed by atoms with Crippen LogP contribution in [0.4, 0.5) is 11.4 Å². The van der Waals surface area contributed by atoms with E-state index < -0.39 is 0 Å². The highest BCUT2D eigenvalue weighted by molar-refractivity contribution is 6.54. The number of oxime groups is 1. The van der Waals surface area contributed by atoms with Gasteiger partial charge < -0.3 is 15.1 Å². The van der Waals surface area contributed by atoms with E-state index >= 15 is 0 Å². The van der Waals surface area contributed by atoms with E-state index in [1.807, 2.05) is 49.4 Å². The normalized spacial score (nSPS) is 14.5. The molecule has 2 aromatic rings. The molecule has 0 bridgehead atoms. The van der Waals surface area contributed by atoms with E-state index in [0.717, 1.165) is 17.7 Å². The molecule has 128 valence electrons. The van der Waals surface area contributed by atoms with Crippen LogP contribution in [0.15, 0.2) is 59.8 Å². The monoisotopic (exact) mass is 337 g/mol. The van der Waals surface area contributed by atoms with Crippen LogP contribution in [-0.2, 0) is 14.4 Å². The minimum absolute atomic E-state index is 0.202. The smallest absolute Gasteiger partial charge is 0.281 e. The molecule has 0 fully saturated rings. The Morgan fingerprint density at radius 1 is 1.12 bits per heavy atom. The molecule has 0 aliphatic carbocycles. The summed E-state index contributed by atoms with van der Waals surface area (Å²) in [5, 5.41) is 6.62. The van der Waals surface area contributed by atoms with Crippen LogP contribution in [0.2, 0.25) is 0 Å². The average molecular weight is 337 g/mol. The number of nitrogens with one attached hydrogen (secondary N) is 1. The maximum absolute atomic E-state index is 12.5. The van der Waals surface area contributed by atoms with E-state index in [9.17, 15) is 9.59 Å². The number of carbonyl (C=O) groups excluding carboxylic acids is 2. The van der Waals surface area contributed by atoms with Crippen molar-refractivity contribution in [1.82, 2.24) is 0 Å². The van der Waals surface area contributed by atoms with Gasteiger partial charge in [-0.1, -0.05) is 48.5 Å². The molecule has 1 aliphatic heterocycles. The molecular formula is C19H19N3O3. The standard InChI is InChI=1S/C19H19N3O3/c1-2-12-22-16-11-7-6-10-15(16)18(19(22)24)21-25-13-17(23)20-14-8-4-3-5-9-14/h3-11H,2,12-13H2,1H3,(H,20,23)/b21-18+. The lowest BCUT2D eigenvalue weighted by atomic mass is 10.1. The molecule has 25 heavy (non-hydrogen) atoms.